The Bertz CT molecular complexity index is 1070. The second-order valence-corrected chi connectivity index (χ2v) is 8.02. The van der Waals surface area contributed by atoms with Crippen molar-refractivity contribution in [3.8, 4) is 5.88 Å². The fourth-order valence-corrected chi connectivity index (χ4v) is 3.94. The molecule has 1 N–H and O–H groups in total. The number of aromatic hydroxyl groups is 1. The average Bonchev–Trinajstić information content (AvgIpc) is 2.99. The van der Waals surface area contributed by atoms with Crippen LogP contribution in [0.3, 0.4) is 0 Å². The number of halogens is 1. The Morgan fingerprint density at radius 3 is 2.52 bits per heavy atom. The predicted molar refractivity (Wildman–Crippen MR) is 116 cm³/mol. The van der Waals surface area contributed by atoms with Crippen molar-refractivity contribution in [2.75, 3.05) is 33.2 Å². The number of azo groups is 1. The Morgan fingerprint density at radius 1 is 1.07 bits per heavy atom. The first-order valence-corrected chi connectivity index (χ1v) is 10.3. The molecule has 1 aliphatic rings. The molecule has 4 rings (SSSR count). The molecular formula is C21H22BrN5O2. The van der Waals surface area contributed by atoms with Gasteiger partial charge in [0.15, 0.2) is 5.69 Å². The maximum absolute atomic E-state index is 12.4. The number of hydrogen-bond donors (Lipinski definition) is 1. The maximum atomic E-state index is 12.4. The van der Waals surface area contributed by atoms with E-state index in [2.05, 4.69) is 43.0 Å². The molecule has 2 aromatic carbocycles. The molecule has 0 unspecified atom stereocenters. The smallest absolute Gasteiger partial charge is 0.296 e. The quantitative estimate of drug-likeness (QED) is 0.597. The third-order valence-electron chi connectivity index (χ3n) is 5.20. The lowest BCUT2D eigenvalue weighted by Gasteiger charge is -2.32. The first-order chi connectivity index (χ1) is 14.0. The Morgan fingerprint density at radius 2 is 1.76 bits per heavy atom. The van der Waals surface area contributed by atoms with E-state index in [1.807, 2.05) is 34.9 Å². The minimum atomic E-state index is -0.465. The highest BCUT2D eigenvalue weighted by atomic mass is 79.9. The molecule has 3 aromatic rings. The van der Waals surface area contributed by atoms with Crippen molar-refractivity contribution in [2.24, 2.45) is 10.2 Å². The van der Waals surface area contributed by atoms with Crippen molar-refractivity contribution in [2.45, 2.75) is 6.67 Å². The standard InChI is InChI=1S/C21H22BrN5O2/c1-25-10-12-26(13-11-25)14-27-18-9-5-3-7-16(18)19(21(27)29)23-24-20(28)15-6-2-4-8-17(15)22/h2-9,29H,10-14H2,1H3. The van der Waals surface area contributed by atoms with Crippen LogP contribution in [0.2, 0.25) is 0 Å². The highest BCUT2D eigenvalue weighted by Crippen LogP contribution is 2.39. The Kier molecular flexibility index (Phi) is 5.75. The van der Waals surface area contributed by atoms with Crippen LogP contribution in [-0.2, 0) is 6.67 Å². The van der Waals surface area contributed by atoms with Gasteiger partial charge in [0, 0.05) is 36.0 Å². The largest absolute Gasteiger partial charge is 0.493 e. The maximum Gasteiger partial charge on any atom is 0.296 e. The summed E-state index contributed by atoms with van der Waals surface area (Å²) in [4.78, 5) is 17.0. The Labute approximate surface area is 177 Å². The lowest BCUT2D eigenvalue weighted by Crippen LogP contribution is -2.44. The molecular weight excluding hydrogens is 434 g/mol. The van der Waals surface area contributed by atoms with Gasteiger partial charge in [-0.3, -0.25) is 14.3 Å². The first kappa shape index (κ1) is 19.8. The molecule has 1 amide bonds. The molecule has 0 bridgehead atoms. The highest BCUT2D eigenvalue weighted by molar-refractivity contribution is 9.10. The normalized spacial score (nSPS) is 16.1. The van der Waals surface area contributed by atoms with Gasteiger partial charge in [0.2, 0.25) is 5.88 Å². The molecule has 0 radical (unpaired) electrons. The number of benzene rings is 2. The van der Waals surface area contributed by atoms with Crippen molar-refractivity contribution in [3.63, 3.8) is 0 Å². The lowest BCUT2D eigenvalue weighted by atomic mass is 10.2. The van der Waals surface area contributed by atoms with Crippen LogP contribution in [-0.4, -0.2) is 58.6 Å². The molecule has 150 valence electrons. The molecule has 8 heteroatoms. The third-order valence-corrected chi connectivity index (χ3v) is 5.89. The zero-order chi connectivity index (χ0) is 20.4. The summed E-state index contributed by atoms with van der Waals surface area (Å²) >= 11 is 3.36. The molecule has 2 heterocycles. The topological polar surface area (TPSA) is 73.4 Å². The van der Waals surface area contributed by atoms with Crippen LogP contribution in [0.4, 0.5) is 5.69 Å². The molecule has 1 aliphatic heterocycles. The van der Waals surface area contributed by atoms with E-state index in [-0.39, 0.29) is 5.88 Å². The van der Waals surface area contributed by atoms with Crippen LogP contribution in [0.1, 0.15) is 10.4 Å². The molecule has 0 saturated carbocycles. The summed E-state index contributed by atoms with van der Waals surface area (Å²) in [5, 5.41) is 19.7. The van der Waals surface area contributed by atoms with Gasteiger partial charge < -0.3 is 10.0 Å². The van der Waals surface area contributed by atoms with E-state index in [1.54, 1.807) is 18.2 Å². The number of para-hydroxylation sites is 1. The zero-order valence-electron chi connectivity index (χ0n) is 16.1. The minimum Gasteiger partial charge on any atom is -0.493 e. The van der Waals surface area contributed by atoms with Crippen molar-refractivity contribution < 1.29 is 9.90 Å². The number of likely N-dealkylation sites (N-methyl/N-ethyl adjacent to an activating group) is 1. The van der Waals surface area contributed by atoms with Crippen molar-refractivity contribution in [1.29, 1.82) is 0 Å². The van der Waals surface area contributed by atoms with Crippen LogP contribution in [0.25, 0.3) is 10.9 Å². The van der Waals surface area contributed by atoms with Gasteiger partial charge in [-0.05, 0) is 41.2 Å². The second kappa shape index (κ2) is 8.44. The third kappa shape index (κ3) is 4.10. The second-order valence-electron chi connectivity index (χ2n) is 7.17. The Hall–Kier alpha value is -2.55. The molecule has 0 aliphatic carbocycles. The number of rotatable bonds is 4. The van der Waals surface area contributed by atoms with Gasteiger partial charge >= 0.3 is 0 Å². The number of piperazine rings is 1. The van der Waals surface area contributed by atoms with Crippen LogP contribution in [0.15, 0.2) is 63.2 Å². The summed E-state index contributed by atoms with van der Waals surface area (Å²) in [5.74, 6) is -0.443. The summed E-state index contributed by atoms with van der Waals surface area (Å²) in [6.45, 7) is 4.41. The SMILES string of the molecule is CN1CCN(Cn2c(O)c(N=NC(=O)c3ccccc3Br)c3ccccc32)CC1. The number of fused-ring (bicyclic) bond motifs is 1. The zero-order valence-corrected chi connectivity index (χ0v) is 17.7. The van der Waals surface area contributed by atoms with Gasteiger partial charge in [0.25, 0.3) is 5.91 Å². The summed E-state index contributed by atoms with van der Waals surface area (Å²) in [6, 6.07) is 14.7. The van der Waals surface area contributed by atoms with Crippen LogP contribution < -0.4 is 0 Å². The predicted octanol–water partition coefficient (Wildman–Crippen LogP) is 4.24. The first-order valence-electron chi connectivity index (χ1n) is 9.46. The average molecular weight is 456 g/mol. The van der Waals surface area contributed by atoms with Crippen LogP contribution in [0.5, 0.6) is 5.88 Å². The van der Waals surface area contributed by atoms with E-state index in [9.17, 15) is 9.90 Å². The number of nitrogens with zero attached hydrogens (tertiary/aromatic N) is 5. The fraction of sp³-hybridized carbons (Fsp3) is 0.286. The monoisotopic (exact) mass is 455 g/mol. The van der Waals surface area contributed by atoms with Gasteiger partial charge in [0.05, 0.1) is 17.7 Å². The number of hydrogen-bond acceptors (Lipinski definition) is 5. The summed E-state index contributed by atoms with van der Waals surface area (Å²) < 4.78 is 2.49. The fourth-order valence-electron chi connectivity index (χ4n) is 3.49. The van der Waals surface area contributed by atoms with E-state index in [1.165, 1.54) is 0 Å². The highest BCUT2D eigenvalue weighted by Gasteiger charge is 2.21. The molecule has 7 nitrogen and oxygen atoms in total. The van der Waals surface area contributed by atoms with Crippen LogP contribution in [0, 0.1) is 0 Å². The van der Waals surface area contributed by atoms with E-state index < -0.39 is 5.91 Å². The van der Waals surface area contributed by atoms with Gasteiger partial charge in [0.1, 0.15) is 0 Å². The number of carbonyl (C=O) groups is 1. The van der Waals surface area contributed by atoms with Gasteiger partial charge in [-0.2, -0.15) is 0 Å². The van der Waals surface area contributed by atoms with Crippen molar-refractivity contribution >= 4 is 38.4 Å². The molecule has 1 aromatic heterocycles. The van der Waals surface area contributed by atoms with Gasteiger partial charge in [-0.15, -0.1) is 10.2 Å². The van der Waals surface area contributed by atoms with Crippen LogP contribution >= 0.6 is 15.9 Å². The molecule has 0 spiro atoms. The summed E-state index contributed by atoms with van der Waals surface area (Å²) in [6.07, 6.45) is 0. The van der Waals surface area contributed by atoms with E-state index in [0.29, 0.717) is 22.4 Å². The molecule has 1 fully saturated rings. The Balaban J connectivity index is 1.65. The number of aromatic nitrogens is 1. The van der Waals surface area contributed by atoms with Crippen molar-refractivity contribution in [1.82, 2.24) is 14.4 Å². The van der Waals surface area contributed by atoms with E-state index >= 15 is 0 Å². The molecule has 1 saturated heterocycles. The number of carbonyl (C=O) groups excluding carboxylic acids is 1. The lowest BCUT2D eigenvalue weighted by molar-refractivity contribution is 0.0994. The van der Waals surface area contributed by atoms with Gasteiger partial charge in [-0.1, -0.05) is 30.3 Å². The molecule has 29 heavy (non-hydrogen) atoms. The van der Waals surface area contributed by atoms with E-state index in [4.69, 9.17) is 0 Å². The van der Waals surface area contributed by atoms with Gasteiger partial charge in [-0.25, -0.2) is 0 Å². The van der Waals surface area contributed by atoms with E-state index in [0.717, 1.165) is 37.1 Å². The summed E-state index contributed by atoms with van der Waals surface area (Å²) in [7, 11) is 2.11. The molecule has 0 atom stereocenters. The minimum absolute atomic E-state index is 0.0220. The van der Waals surface area contributed by atoms with Crippen molar-refractivity contribution in [3.05, 3.63) is 58.6 Å². The summed E-state index contributed by atoms with van der Waals surface area (Å²) in [5.41, 5.74) is 1.61. The number of amides is 1.